The van der Waals surface area contributed by atoms with Crippen molar-refractivity contribution < 1.29 is 4.42 Å². The van der Waals surface area contributed by atoms with Gasteiger partial charge in [-0.3, -0.25) is 0 Å². The molecule has 2 aromatic heterocycles. The lowest BCUT2D eigenvalue weighted by Crippen LogP contribution is -2.39. The minimum absolute atomic E-state index is 0.00460. The minimum atomic E-state index is -0.00460. The van der Waals surface area contributed by atoms with Crippen molar-refractivity contribution in [1.29, 1.82) is 0 Å². The topological polar surface area (TPSA) is 81.7 Å². The van der Waals surface area contributed by atoms with Crippen LogP contribution in [0.1, 0.15) is 31.1 Å². The summed E-state index contributed by atoms with van der Waals surface area (Å²) in [5.74, 6) is 2.21. The van der Waals surface area contributed by atoms with Crippen molar-refractivity contribution in [2.45, 2.75) is 38.4 Å². The van der Waals surface area contributed by atoms with Crippen LogP contribution >= 0.6 is 0 Å². The standard InChI is InChI=1S/C16H18N6O/c1-11(19-13-7-8-14-17-10-18-22(14)9-13)15-20-21-16(23-15)12-5-3-2-4-6-12/h2-6,10-11,13,19H,7-9H2,1H3/t11-,13-/m0/s1. The summed E-state index contributed by atoms with van der Waals surface area (Å²) in [5.41, 5.74) is 0.934. The van der Waals surface area contributed by atoms with Gasteiger partial charge in [0.2, 0.25) is 11.8 Å². The zero-order valence-electron chi connectivity index (χ0n) is 12.9. The van der Waals surface area contributed by atoms with Crippen LogP contribution < -0.4 is 5.32 Å². The molecule has 1 aromatic carbocycles. The van der Waals surface area contributed by atoms with E-state index in [0.29, 0.717) is 17.8 Å². The van der Waals surface area contributed by atoms with Gasteiger partial charge in [0.15, 0.2) is 0 Å². The number of aromatic nitrogens is 5. The highest BCUT2D eigenvalue weighted by atomic mass is 16.4. The number of hydrogen-bond acceptors (Lipinski definition) is 6. The Kier molecular flexibility index (Phi) is 3.63. The van der Waals surface area contributed by atoms with E-state index in [0.717, 1.165) is 30.8 Å². The van der Waals surface area contributed by atoms with Crippen molar-refractivity contribution in [2.75, 3.05) is 0 Å². The highest BCUT2D eigenvalue weighted by molar-refractivity contribution is 5.51. The predicted octanol–water partition coefficient (Wildman–Crippen LogP) is 1.99. The fraction of sp³-hybridized carbons (Fsp3) is 0.375. The molecule has 0 fully saturated rings. The number of benzene rings is 1. The molecule has 0 bridgehead atoms. The predicted molar refractivity (Wildman–Crippen MR) is 83.4 cm³/mol. The lowest BCUT2D eigenvalue weighted by Gasteiger charge is -2.25. The molecule has 118 valence electrons. The second-order valence-electron chi connectivity index (χ2n) is 5.79. The Morgan fingerprint density at radius 2 is 2.13 bits per heavy atom. The fourth-order valence-corrected chi connectivity index (χ4v) is 2.91. The first-order valence-corrected chi connectivity index (χ1v) is 7.81. The first kappa shape index (κ1) is 14.1. The number of rotatable bonds is 4. The molecule has 3 aromatic rings. The van der Waals surface area contributed by atoms with Gasteiger partial charge in [0.1, 0.15) is 12.2 Å². The summed E-state index contributed by atoms with van der Waals surface area (Å²) < 4.78 is 7.76. The van der Waals surface area contributed by atoms with Gasteiger partial charge in [-0.2, -0.15) is 5.10 Å². The molecule has 7 heteroatoms. The van der Waals surface area contributed by atoms with Gasteiger partial charge in [0.05, 0.1) is 12.6 Å². The number of aryl methyl sites for hydroxylation is 1. The van der Waals surface area contributed by atoms with Crippen molar-refractivity contribution in [2.24, 2.45) is 0 Å². The summed E-state index contributed by atoms with van der Waals surface area (Å²) in [6, 6.07) is 10.1. The Hall–Kier alpha value is -2.54. The number of fused-ring (bicyclic) bond motifs is 1. The average molecular weight is 310 g/mol. The lowest BCUT2D eigenvalue weighted by molar-refractivity contribution is 0.310. The number of hydrogen-bond donors (Lipinski definition) is 1. The third-order valence-electron chi connectivity index (χ3n) is 4.12. The number of nitrogens with one attached hydrogen (secondary N) is 1. The average Bonchev–Trinajstić information content (AvgIpc) is 3.24. The minimum Gasteiger partial charge on any atom is -0.419 e. The molecule has 2 atom stereocenters. The van der Waals surface area contributed by atoms with E-state index in [1.807, 2.05) is 41.9 Å². The molecule has 23 heavy (non-hydrogen) atoms. The van der Waals surface area contributed by atoms with Gasteiger partial charge >= 0.3 is 0 Å². The maximum absolute atomic E-state index is 5.81. The Balaban J connectivity index is 1.44. The molecule has 1 N–H and O–H groups in total. The summed E-state index contributed by atoms with van der Waals surface area (Å²) in [6.07, 6.45) is 3.58. The molecule has 3 heterocycles. The first-order chi connectivity index (χ1) is 11.3. The highest BCUT2D eigenvalue weighted by Crippen LogP contribution is 2.21. The third kappa shape index (κ3) is 2.87. The van der Waals surface area contributed by atoms with Crippen LogP contribution in [0.5, 0.6) is 0 Å². The van der Waals surface area contributed by atoms with Gasteiger partial charge in [-0.25, -0.2) is 9.67 Å². The SMILES string of the molecule is C[C@H](N[C@H]1CCc2ncnn2C1)c1nnc(-c2ccccc2)o1. The number of nitrogens with zero attached hydrogens (tertiary/aromatic N) is 5. The van der Waals surface area contributed by atoms with E-state index in [1.54, 1.807) is 6.33 Å². The van der Waals surface area contributed by atoms with E-state index in [9.17, 15) is 0 Å². The molecule has 0 saturated carbocycles. The zero-order chi connectivity index (χ0) is 15.6. The van der Waals surface area contributed by atoms with E-state index in [2.05, 4.69) is 25.6 Å². The molecular weight excluding hydrogens is 292 g/mol. The molecule has 0 radical (unpaired) electrons. The third-order valence-corrected chi connectivity index (χ3v) is 4.12. The second-order valence-corrected chi connectivity index (χ2v) is 5.79. The lowest BCUT2D eigenvalue weighted by atomic mass is 10.1. The molecule has 0 spiro atoms. The van der Waals surface area contributed by atoms with Crippen LogP contribution in [-0.2, 0) is 13.0 Å². The first-order valence-electron chi connectivity index (χ1n) is 7.81. The van der Waals surface area contributed by atoms with Crippen LogP contribution in [0, 0.1) is 0 Å². The maximum Gasteiger partial charge on any atom is 0.247 e. The summed E-state index contributed by atoms with van der Waals surface area (Å²) in [7, 11) is 0. The zero-order valence-corrected chi connectivity index (χ0v) is 12.9. The summed E-state index contributed by atoms with van der Waals surface area (Å²) in [4.78, 5) is 4.25. The fourth-order valence-electron chi connectivity index (χ4n) is 2.91. The van der Waals surface area contributed by atoms with Gasteiger partial charge < -0.3 is 9.73 Å². The molecule has 4 rings (SSSR count). The van der Waals surface area contributed by atoms with E-state index in [-0.39, 0.29) is 6.04 Å². The van der Waals surface area contributed by atoms with Crippen LogP contribution in [0.2, 0.25) is 0 Å². The largest absolute Gasteiger partial charge is 0.419 e. The Labute approximate surface area is 133 Å². The van der Waals surface area contributed by atoms with Gasteiger partial charge in [-0.05, 0) is 25.5 Å². The molecule has 0 aliphatic carbocycles. The Morgan fingerprint density at radius 1 is 1.26 bits per heavy atom. The molecule has 1 aliphatic heterocycles. The van der Waals surface area contributed by atoms with E-state index >= 15 is 0 Å². The summed E-state index contributed by atoms with van der Waals surface area (Å²) in [5, 5.41) is 16.1. The van der Waals surface area contributed by atoms with Crippen LogP contribution in [-0.4, -0.2) is 31.0 Å². The van der Waals surface area contributed by atoms with Crippen LogP contribution in [0.4, 0.5) is 0 Å². The smallest absolute Gasteiger partial charge is 0.247 e. The van der Waals surface area contributed by atoms with Gasteiger partial charge in [-0.1, -0.05) is 18.2 Å². The maximum atomic E-state index is 5.81. The van der Waals surface area contributed by atoms with Crippen molar-refractivity contribution in [3.63, 3.8) is 0 Å². The highest BCUT2D eigenvalue weighted by Gasteiger charge is 2.23. The Morgan fingerprint density at radius 3 is 3.00 bits per heavy atom. The quantitative estimate of drug-likeness (QED) is 0.793. The normalized spacial score (nSPS) is 18.6. The molecule has 1 aliphatic rings. The van der Waals surface area contributed by atoms with Crippen molar-refractivity contribution in [3.05, 3.63) is 48.4 Å². The molecular formula is C16H18N6O. The van der Waals surface area contributed by atoms with Crippen molar-refractivity contribution in [3.8, 4) is 11.5 Å². The van der Waals surface area contributed by atoms with Gasteiger partial charge in [0.25, 0.3) is 0 Å². The molecule has 7 nitrogen and oxygen atoms in total. The van der Waals surface area contributed by atoms with Crippen LogP contribution in [0.15, 0.2) is 41.1 Å². The summed E-state index contributed by atoms with van der Waals surface area (Å²) in [6.45, 7) is 2.86. The van der Waals surface area contributed by atoms with E-state index in [4.69, 9.17) is 4.42 Å². The molecule has 0 unspecified atom stereocenters. The van der Waals surface area contributed by atoms with Gasteiger partial charge in [0, 0.05) is 18.0 Å². The van der Waals surface area contributed by atoms with Crippen LogP contribution in [0.3, 0.4) is 0 Å². The molecule has 0 saturated heterocycles. The Bertz CT molecular complexity index is 781. The molecule has 0 amide bonds. The van der Waals surface area contributed by atoms with Crippen LogP contribution in [0.25, 0.3) is 11.5 Å². The van der Waals surface area contributed by atoms with Crippen molar-refractivity contribution >= 4 is 0 Å². The second kappa shape index (κ2) is 5.92. The van der Waals surface area contributed by atoms with E-state index < -0.39 is 0 Å². The monoisotopic (exact) mass is 310 g/mol. The van der Waals surface area contributed by atoms with Gasteiger partial charge in [-0.15, -0.1) is 10.2 Å². The van der Waals surface area contributed by atoms with Crippen molar-refractivity contribution in [1.82, 2.24) is 30.3 Å². The summed E-state index contributed by atoms with van der Waals surface area (Å²) >= 11 is 0. The van der Waals surface area contributed by atoms with E-state index in [1.165, 1.54) is 0 Å².